The fraction of sp³-hybridized carbons (Fsp3) is 0.923. The molecule has 0 aromatic carbocycles. The minimum absolute atomic E-state index is 0.0381. The molecular formula is C13H25N3O2. The average Bonchev–Trinajstić information content (AvgIpc) is 2.81. The maximum absolute atomic E-state index is 11.3. The molecule has 2 rings (SSSR count). The van der Waals surface area contributed by atoms with Crippen LogP contribution in [0, 0.1) is 11.8 Å². The van der Waals surface area contributed by atoms with Crippen LogP contribution >= 0.6 is 0 Å². The third-order valence-corrected chi connectivity index (χ3v) is 4.15. The second-order valence-corrected chi connectivity index (χ2v) is 5.33. The standard InChI is InChI=1S/C13H25N3O2/c14-9-11-3-1-2-4-12(11)10-18-8-7-16-6-5-15-13(16)17/h11-12H,1-10,14H2,(H,15,17). The summed E-state index contributed by atoms with van der Waals surface area (Å²) in [4.78, 5) is 13.1. The third-order valence-electron chi connectivity index (χ3n) is 4.15. The van der Waals surface area contributed by atoms with Crippen LogP contribution in [0.5, 0.6) is 0 Å². The monoisotopic (exact) mass is 255 g/mol. The van der Waals surface area contributed by atoms with Gasteiger partial charge in [-0.3, -0.25) is 0 Å². The molecule has 0 radical (unpaired) electrons. The van der Waals surface area contributed by atoms with Gasteiger partial charge in [-0.15, -0.1) is 0 Å². The van der Waals surface area contributed by atoms with Crippen LogP contribution in [-0.4, -0.2) is 50.3 Å². The minimum Gasteiger partial charge on any atom is -0.379 e. The highest BCUT2D eigenvalue weighted by atomic mass is 16.5. The number of hydrogen-bond acceptors (Lipinski definition) is 3. The lowest BCUT2D eigenvalue weighted by Gasteiger charge is -2.30. The van der Waals surface area contributed by atoms with Gasteiger partial charge in [-0.25, -0.2) is 4.79 Å². The van der Waals surface area contributed by atoms with Gasteiger partial charge in [-0.2, -0.15) is 0 Å². The van der Waals surface area contributed by atoms with Crippen molar-refractivity contribution in [3.8, 4) is 0 Å². The Hall–Kier alpha value is -0.810. The molecule has 2 fully saturated rings. The lowest BCUT2D eigenvalue weighted by molar-refractivity contribution is 0.0538. The van der Waals surface area contributed by atoms with E-state index in [9.17, 15) is 4.79 Å². The Morgan fingerprint density at radius 2 is 2.11 bits per heavy atom. The number of nitrogens with two attached hydrogens (primary N) is 1. The molecule has 3 N–H and O–H groups in total. The average molecular weight is 255 g/mol. The number of carbonyl (C=O) groups excluding carboxylic acids is 1. The maximum Gasteiger partial charge on any atom is 0.317 e. The molecule has 0 bridgehead atoms. The van der Waals surface area contributed by atoms with Crippen LogP contribution in [0.25, 0.3) is 0 Å². The minimum atomic E-state index is 0.0381. The zero-order valence-electron chi connectivity index (χ0n) is 11.1. The van der Waals surface area contributed by atoms with Crippen molar-refractivity contribution in [1.82, 2.24) is 10.2 Å². The normalized spacial score (nSPS) is 28.5. The van der Waals surface area contributed by atoms with Gasteiger partial charge < -0.3 is 20.7 Å². The molecule has 0 aromatic rings. The van der Waals surface area contributed by atoms with Crippen molar-refractivity contribution in [3.63, 3.8) is 0 Å². The van der Waals surface area contributed by atoms with E-state index in [4.69, 9.17) is 10.5 Å². The van der Waals surface area contributed by atoms with Gasteiger partial charge in [0.25, 0.3) is 0 Å². The number of hydrogen-bond donors (Lipinski definition) is 2. The Morgan fingerprint density at radius 1 is 1.33 bits per heavy atom. The van der Waals surface area contributed by atoms with Gasteiger partial charge in [0.05, 0.1) is 6.61 Å². The highest BCUT2D eigenvalue weighted by Gasteiger charge is 2.24. The molecule has 1 saturated carbocycles. The Balaban J connectivity index is 1.60. The van der Waals surface area contributed by atoms with E-state index >= 15 is 0 Å². The molecule has 1 aliphatic heterocycles. The number of nitrogens with zero attached hydrogens (tertiary/aromatic N) is 1. The number of urea groups is 1. The van der Waals surface area contributed by atoms with E-state index in [1.165, 1.54) is 25.7 Å². The molecule has 1 heterocycles. The summed E-state index contributed by atoms with van der Waals surface area (Å²) in [5, 5.41) is 2.79. The molecule has 1 aliphatic carbocycles. The maximum atomic E-state index is 11.3. The van der Waals surface area contributed by atoms with Crippen molar-refractivity contribution in [2.24, 2.45) is 17.6 Å². The van der Waals surface area contributed by atoms with E-state index in [-0.39, 0.29) is 6.03 Å². The van der Waals surface area contributed by atoms with Crippen molar-refractivity contribution < 1.29 is 9.53 Å². The summed E-state index contributed by atoms with van der Waals surface area (Å²) in [5.41, 5.74) is 5.80. The summed E-state index contributed by atoms with van der Waals surface area (Å²) in [6, 6.07) is 0.0381. The van der Waals surface area contributed by atoms with Gasteiger partial charge >= 0.3 is 6.03 Å². The zero-order valence-corrected chi connectivity index (χ0v) is 11.1. The molecule has 2 atom stereocenters. The van der Waals surface area contributed by atoms with E-state index in [1.54, 1.807) is 4.90 Å². The second kappa shape index (κ2) is 6.95. The van der Waals surface area contributed by atoms with E-state index < -0.39 is 0 Å². The molecule has 5 heteroatoms. The van der Waals surface area contributed by atoms with E-state index in [1.807, 2.05) is 0 Å². The molecule has 0 aromatic heterocycles. The summed E-state index contributed by atoms with van der Waals surface area (Å²) in [7, 11) is 0. The van der Waals surface area contributed by atoms with Crippen molar-refractivity contribution in [2.75, 3.05) is 39.4 Å². The number of nitrogens with one attached hydrogen (secondary N) is 1. The molecule has 0 spiro atoms. The number of amides is 2. The van der Waals surface area contributed by atoms with Crippen LogP contribution in [-0.2, 0) is 4.74 Å². The van der Waals surface area contributed by atoms with Crippen LogP contribution in [0.3, 0.4) is 0 Å². The first-order valence-electron chi connectivity index (χ1n) is 7.12. The second-order valence-electron chi connectivity index (χ2n) is 5.33. The predicted molar refractivity (Wildman–Crippen MR) is 70.3 cm³/mol. The topological polar surface area (TPSA) is 67.6 Å². The quantitative estimate of drug-likeness (QED) is 0.690. The molecule has 2 aliphatic rings. The molecule has 2 amide bonds. The van der Waals surface area contributed by atoms with Gasteiger partial charge in [0.2, 0.25) is 0 Å². The van der Waals surface area contributed by atoms with Crippen molar-refractivity contribution >= 4 is 6.03 Å². The molecule has 1 saturated heterocycles. The first kappa shape index (κ1) is 13.6. The predicted octanol–water partition coefficient (Wildman–Crippen LogP) is 0.793. The van der Waals surface area contributed by atoms with Crippen LogP contribution in [0.4, 0.5) is 4.79 Å². The fourth-order valence-corrected chi connectivity index (χ4v) is 2.95. The molecule has 18 heavy (non-hydrogen) atoms. The van der Waals surface area contributed by atoms with Gasteiger partial charge in [-0.05, 0) is 31.2 Å². The van der Waals surface area contributed by atoms with Crippen LogP contribution in [0.2, 0.25) is 0 Å². The van der Waals surface area contributed by atoms with Crippen molar-refractivity contribution in [3.05, 3.63) is 0 Å². The van der Waals surface area contributed by atoms with E-state index in [0.717, 1.165) is 26.2 Å². The van der Waals surface area contributed by atoms with E-state index in [0.29, 0.717) is 25.0 Å². The largest absolute Gasteiger partial charge is 0.379 e. The summed E-state index contributed by atoms with van der Waals surface area (Å²) in [6.45, 7) is 4.49. The SMILES string of the molecule is NCC1CCCCC1COCCN1CCNC1=O. The smallest absolute Gasteiger partial charge is 0.317 e. The zero-order chi connectivity index (χ0) is 12.8. The summed E-state index contributed by atoms with van der Waals surface area (Å²) >= 11 is 0. The third kappa shape index (κ3) is 3.59. The summed E-state index contributed by atoms with van der Waals surface area (Å²) < 4.78 is 5.74. The van der Waals surface area contributed by atoms with Crippen LogP contribution in [0.1, 0.15) is 25.7 Å². The Labute approximate surface area is 109 Å². The molecular weight excluding hydrogens is 230 g/mol. The molecule has 2 unspecified atom stereocenters. The summed E-state index contributed by atoms with van der Waals surface area (Å²) in [5.74, 6) is 1.25. The molecule has 5 nitrogen and oxygen atoms in total. The lowest BCUT2D eigenvalue weighted by atomic mass is 9.80. The fourth-order valence-electron chi connectivity index (χ4n) is 2.95. The first-order chi connectivity index (χ1) is 8.81. The Bertz CT molecular complexity index is 273. The number of carbonyl (C=O) groups is 1. The first-order valence-corrected chi connectivity index (χ1v) is 7.12. The van der Waals surface area contributed by atoms with E-state index in [2.05, 4.69) is 5.32 Å². The van der Waals surface area contributed by atoms with Gasteiger partial charge in [-0.1, -0.05) is 12.8 Å². The van der Waals surface area contributed by atoms with Gasteiger partial charge in [0.1, 0.15) is 0 Å². The number of rotatable bonds is 6. The Morgan fingerprint density at radius 3 is 2.78 bits per heavy atom. The van der Waals surface area contributed by atoms with Crippen molar-refractivity contribution in [2.45, 2.75) is 25.7 Å². The van der Waals surface area contributed by atoms with Gasteiger partial charge in [0, 0.05) is 26.2 Å². The van der Waals surface area contributed by atoms with Gasteiger partial charge in [0.15, 0.2) is 0 Å². The highest BCUT2D eigenvalue weighted by Crippen LogP contribution is 2.29. The Kier molecular flexibility index (Phi) is 5.26. The lowest BCUT2D eigenvalue weighted by Crippen LogP contribution is -2.33. The molecule has 104 valence electrons. The van der Waals surface area contributed by atoms with Crippen molar-refractivity contribution in [1.29, 1.82) is 0 Å². The number of ether oxygens (including phenoxy) is 1. The van der Waals surface area contributed by atoms with Crippen LogP contribution in [0.15, 0.2) is 0 Å². The highest BCUT2D eigenvalue weighted by molar-refractivity contribution is 5.76. The summed E-state index contributed by atoms with van der Waals surface area (Å²) in [6.07, 6.45) is 5.11. The van der Waals surface area contributed by atoms with Crippen LogP contribution < -0.4 is 11.1 Å².